The summed E-state index contributed by atoms with van der Waals surface area (Å²) in [4.78, 5) is 11.9. The first-order chi connectivity index (χ1) is 8.87. The molecule has 0 aliphatic heterocycles. The van der Waals surface area contributed by atoms with Gasteiger partial charge < -0.3 is 5.32 Å². The standard InChI is InChI=1S/C12H17BrN2O3S/c1-3-15-19(17,18)8-7-14-12(16)10-6-4-5-9(2)11(10)13/h4-6,15H,3,7-8H2,1-2H3,(H,14,16). The first kappa shape index (κ1) is 16.1. The van der Waals surface area contributed by atoms with Gasteiger partial charge in [-0.1, -0.05) is 19.1 Å². The van der Waals surface area contributed by atoms with Crippen LogP contribution in [0.1, 0.15) is 22.8 Å². The smallest absolute Gasteiger partial charge is 0.252 e. The molecule has 0 fully saturated rings. The van der Waals surface area contributed by atoms with E-state index >= 15 is 0 Å². The maximum atomic E-state index is 11.9. The van der Waals surface area contributed by atoms with Crippen molar-refractivity contribution in [2.24, 2.45) is 0 Å². The number of amides is 1. The SMILES string of the molecule is CCNS(=O)(=O)CCNC(=O)c1cccc(C)c1Br. The molecule has 19 heavy (non-hydrogen) atoms. The van der Waals surface area contributed by atoms with Crippen molar-refractivity contribution < 1.29 is 13.2 Å². The van der Waals surface area contributed by atoms with E-state index < -0.39 is 10.0 Å². The van der Waals surface area contributed by atoms with Crippen LogP contribution in [0.15, 0.2) is 22.7 Å². The lowest BCUT2D eigenvalue weighted by Crippen LogP contribution is -2.34. The van der Waals surface area contributed by atoms with Crippen LogP contribution in [0.4, 0.5) is 0 Å². The Morgan fingerprint density at radius 2 is 2.05 bits per heavy atom. The number of carbonyl (C=O) groups excluding carboxylic acids is 1. The Balaban J connectivity index is 2.60. The fourth-order valence-electron chi connectivity index (χ4n) is 1.51. The molecule has 1 aromatic carbocycles. The minimum atomic E-state index is -3.30. The predicted octanol–water partition coefficient (Wildman–Crippen LogP) is 1.43. The van der Waals surface area contributed by atoms with E-state index in [4.69, 9.17) is 0 Å². The van der Waals surface area contributed by atoms with Gasteiger partial charge in [0.05, 0.1) is 11.3 Å². The van der Waals surface area contributed by atoms with Gasteiger partial charge in [-0.2, -0.15) is 0 Å². The van der Waals surface area contributed by atoms with Gasteiger partial charge in [0.15, 0.2) is 0 Å². The summed E-state index contributed by atoms with van der Waals surface area (Å²) in [5.74, 6) is -0.419. The molecule has 106 valence electrons. The van der Waals surface area contributed by atoms with Gasteiger partial charge in [-0.05, 0) is 34.5 Å². The highest BCUT2D eigenvalue weighted by molar-refractivity contribution is 9.10. The molecule has 0 saturated carbocycles. The van der Waals surface area contributed by atoms with Crippen molar-refractivity contribution in [2.75, 3.05) is 18.8 Å². The molecular formula is C12H17BrN2O3S. The normalized spacial score (nSPS) is 11.3. The summed E-state index contributed by atoms with van der Waals surface area (Å²) in [6.45, 7) is 4.02. The first-order valence-electron chi connectivity index (χ1n) is 5.88. The van der Waals surface area contributed by atoms with E-state index in [1.807, 2.05) is 13.0 Å². The number of benzene rings is 1. The van der Waals surface area contributed by atoms with E-state index in [0.29, 0.717) is 12.1 Å². The summed E-state index contributed by atoms with van der Waals surface area (Å²) >= 11 is 3.35. The van der Waals surface area contributed by atoms with Gasteiger partial charge in [0.1, 0.15) is 0 Å². The highest BCUT2D eigenvalue weighted by atomic mass is 79.9. The molecule has 1 aromatic rings. The van der Waals surface area contributed by atoms with Crippen LogP contribution in [0.3, 0.4) is 0 Å². The fraction of sp³-hybridized carbons (Fsp3) is 0.417. The van der Waals surface area contributed by atoms with Crippen LogP contribution in [-0.4, -0.2) is 33.2 Å². The molecule has 0 radical (unpaired) electrons. The fourth-order valence-corrected chi connectivity index (χ4v) is 2.91. The van der Waals surface area contributed by atoms with Gasteiger partial charge in [-0.25, -0.2) is 13.1 Å². The maximum Gasteiger partial charge on any atom is 0.252 e. The number of carbonyl (C=O) groups is 1. The molecule has 0 atom stereocenters. The highest BCUT2D eigenvalue weighted by Crippen LogP contribution is 2.20. The van der Waals surface area contributed by atoms with Crippen molar-refractivity contribution in [1.82, 2.24) is 10.0 Å². The van der Waals surface area contributed by atoms with Crippen molar-refractivity contribution in [2.45, 2.75) is 13.8 Å². The second-order valence-electron chi connectivity index (χ2n) is 4.01. The Hall–Kier alpha value is -0.920. The summed E-state index contributed by atoms with van der Waals surface area (Å²) in [5, 5.41) is 2.59. The Morgan fingerprint density at radius 1 is 1.37 bits per heavy atom. The minimum Gasteiger partial charge on any atom is -0.351 e. The predicted molar refractivity (Wildman–Crippen MR) is 78.7 cm³/mol. The Kier molecular flexibility index (Phi) is 5.96. The maximum absolute atomic E-state index is 11.9. The average molecular weight is 349 g/mol. The number of hydrogen-bond acceptors (Lipinski definition) is 3. The van der Waals surface area contributed by atoms with E-state index in [1.165, 1.54) is 0 Å². The molecule has 0 bridgehead atoms. The van der Waals surface area contributed by atoms with E-state index in [-0.39, 0.29) is 18.2 Å². The Labute approximate surface area is 122 Å². The van der Waals surface area contributed by atoms with Crippen LogP contribution >= 0.6 is 15.9 Å². The molecule has 0 aliphatic carbocycles. The molecular weight excluding hydrogens is 332 g/mol. The van der Waals surface area contributed by atoms with Crippen LogP contribution in [0.5, 0.6) is 0 Å². The number of hydrogen-bond donors (Lipinski definition) is 2. The molecule has 1 amide bonds. The summed E-state index contributed by atoms with van der Waals surface area (Å²) in [5.41, 5.74) is 1.45. The molecule has 5 nitrogen and oxygen atoms in total. The third kappa shape index (κ3) is 4.93. The van der Waals surface area contributed by atoms with Gasteiger partial charge in [0, 0.05) is 17.6 Å². The number of sulfonamides is 1. The van der Waals surface area contributed by atoms with Crippen LogP contribution < -0.4 is 10.0 Å². The first-order valence-corrected chi connectivity index (χ1v) is 8.32. The lowest BCUT2D eigenvalue weighted by atomic mass is 10.1. The molecule has 2 N–H and O–H groups in total. The number of aryl methyl sites for hydroxylation is 1. The second-order valence-corrected chi connectivity index (χ2v) is 6.73. The molecule has 0 heterocycles. The van der Waals surface area contributed by atoms with Crippen LogP contribution in [0.25, 0.3) is 0 Å². The zero-order valence-electron chi connectivity index (χ0n) is 10.9. The monoisotopic (exact) mass is 348 g/mol. The zero-order chi connectivity index (χ0) is 14.5. The van der Waals surface area contributed by atoms with Gasteiger partial charge in [-0.3, -0.25) is 4.79 Å². The quantitative estimate of drug-likeness (QED) is 0.816. The highest BCUT2D eigenvalue weighted by Gasteiger charge is 2.13. The lowest BCUT2D eigenvalue weighted by Gasteiger charge is -2.09. The molecule has 1 rings (SSSR count). The molecule has 0 aromatic heterocycles. The molecule has 0 spiro atoms. The summed E-state index contributed by atoms with van der Waals surface area (Å²) in [6.07, 6.45) is 0. The van der Waals surface area contributed by atoms with E-state index in [9.17, 15) is 13.2 Å². The Bertz CT molecular complexity index is 558. The Morgan fingerprint density at radius 3 is 2.68 bits per heavy atom. The molecule has 7 heteroatoms. The van der Waals surface area contributed by atoms with Crippen molar-refractivity contribution >= 4 is 31.9 Å². The van der Waals surface area contributed by atoms with Crippen molar-refractivity contribution in [3.8, 4) is 0 Å². The van der Waals surface area contributed by atoms with Gasteiger partial charge in [0.2, 0.25) is 10.0 Å². The van der Waals surface area contributed by atoms with Crippen molar-refractivity contribution in [3.63, 3.8) is 0 Å². The van der Waals surface area contributed by atoms with Crippen molar-refractivity contribution in [1.29, 1.82) is 0 Å². The molecule has 0 aliphatic rings. The third-order valence-electron chi connectivity index (χ3n) is 2.46. The van der Waals surface area contributed by atoms with Gasteiger partial charge >= 0.3 is 0 Å². The zero-order valence-corrected chi connectivity index (χ0v) is 13.3. The van der Waals surface area contributed by atoms with Gasteiger partial charge in [0.25, 0.3) is 5.91 Å². The topological polar surface area (TPSA) is 75.3 Å². The molecule has 0 saturated heterocycles. The number of rotatable bonds is 6. The van der Waals surface area contributed by atoms with Gasteiger partial charge in [-0.15, -0.1) is 0 Å². The molecule has 0 unspecified atom stereocenters. The van der Waals surface area contributed by atoms with Crippen LogP contribution in [-0.2, 0) is 10.0 Å². The summed E-state index contributed by atoms with van der Waals surface area (Å²) in [6, 6.07) is 5.35. The average Bonchev–Trinajstić information content (AvgIpc) is 2.32. The van der Waals surface area contributed by atoms with E-state index in [0.717, 1.165) is 10.0 Å². The largest absolute Gasteiger partial charge is 0.351 e. The van der Waals surface area contributed by atoms with E-state index in [1.54, 1.807) is 19.1 Å². The number of nitrogens with one attached hydrogen (secondary N) is 2. The third-order valence-corrected chi connectivity index (χ3v) is 4.98. The van der Waals surface area contributed by atoms with Crippen LogP contribution in [0.2, 0.25) is 0 Å². The van der Waals surface area contributed by atoms with Crippen molar-refractivity contribution in [3.05, 3.63) is 33.8 Å². The summed E-state index contributed by atoms with van der Waals surface area (Å²) < 4.78 is 25.9. The summed E-state index contributed by atoms with van der Waals surface area (Å²) in [7, 11) is -3.30. The van der Waals surface area contributed by atoms with E-state index in [2.05, 4.69) is 26.0 Å². The van der Waals surface area contributed by atoms with Crippen LogP contribution in [0, 0.1) is 6.92 Å². The second kappa shape index (κ2) is 7.02. The lowest BCUT2D eigenvalue weighted by molar-refractivity contribution is 0.0955. The number of halogens is 1. The minimum absolute atomic E-state index is 0.0779.